The lowest BCUT2D eigenvalue weighted by Gasteiger charge is -2.08. The fraction of sp³-hybridized carbons (Fsp3) is 0.0833. The molecule has 0 saturated heterocycles. The quantitative estimate of drug-likeness (QED) is 0.385. The smallest absolute Gasteiger partial charge is 0.293 e. The van der Waals surface area contributed by atoms with Crippen LogP contribution in [0.15, 0.2) is 35.7 Å². The Kier molecular flexibility index (Phi) is 3.81. The van der Waals surface area contributed by atoms with Crippen LogP contribution in [-0.2, 0) is 10.0 Å². The summed E-state index contributed by atoms with van der Waals surface area (Å²) in [6.45, 7) is 0. The Morgan fingerprint density at radius 2 is 2.04 bits per heavy atom. The van der Waals surface area contributed by atoms with E-state index in [-0.39, 0.29) is 22.1 Å². The van der Waals surface area contributed by atoms with Crippen LogP contribution in [0.5, 0.6) is 5.75 Å². The highest BCUT2D eigenvalue weighted by atomic mass is 35.5. The van der Waals surface area contributed by atoms with E-state index in [4.69, 9.17) is 16.3 Å². The summed E-state index contributed by atoms with van der Waals surface area (Å²) in [6, 6.07) is 3.41. The van der Waals surface area contributed by atoms with E-state index in [1.807, 2.05) is 0 Å². The van der Waals surface area contributed by atoms with Gasteiger partial charge in [0.2, 0.25) is 0 Å². The molecule has 24 heavy (non-hydrogen) atoms. The minimum absolute atomic E-state index is 0.0295. The second-order valence-electron chi connectivity index (χ2n) is 4.47. The lowest BCUT2D eigenvalue weighted by molar-refractivity contribution is -0.387. The number of ether oxygens (including phenoxy) is 1. The largest absolute Gasteiger partial charge is 0.497 e. The standard InChI is InChI=1S/C12H8ClN5O5S/c1-23-7-2-3-9(8(4-7)18(19)20)24(21,22)17-6-16-10-11(13)14-5-15-12(10)17/h2-6H,1H3. The summed E-state index contributed by atoms with van der Waals surface area (Å²) >= 11 is 5.84. The molecule has 0 unspecified atom stereocenters. The van der Waals surface area contributed by atoms with E-state index in [0.29, 0.717) is 3.97 Å². The van der Waals surface area contributed by atoms with Gasteiger partial charge in [-0.15, -0.1) is 0 Å². The number of hydrogen-bond acceptors (Lipinski definition) is 8. The van der Waals surface area contributed by atoms with Crippen LogP contribution in [0.25, 0.3) is 11.2 Å². The van der Waals surface area contributed by atoms with Gasteiger partial charge in [0.1, 0.15) is 23.9 Å². The summed E-state index contributed by atoms with van der Waals surface area (Å²) in [5, 5.41) is 11.2. The molecule has 0 spiro atoms. The highest BCUT2D eigenvalue weighted by Gasteiger charge is 2.30. The first-order valence-corrected chi connectivity index (χ1v) is 8.09. The van der Waals surface area contributed by atoms with Gasteiger partial charge in [0.25, 0.3) is 15.7 Å². The van der Waals surface area contributed by atoms with Crippen molar-refractivity contribution in [1.29, 1.82) is 0 Å². The van der Waals surface area contributed by atoms with E-state index in [9.17, 15) is 18.5 Å². The van der Waals surface area contributed by atoms with Crippen molar-refractivity contribution in [2.24, 2.45) is 0 Å². The SMILES string of the molecule is COc1ccc(S(=O)(=O)n2cnc3c(Cl)ncnc32)c([N+](=O)[O-])c1. The first-order valence-electron chi connectivity index (χ1n) is 6.28. The number of fused-ring (bicyclic) bond motifs is 1. The van der Waals surface area contributed by atoms with Gasteiger partial charge in [0.05, 0.1) is 18.1 Å². The van der Waals surface area contributed by atoms with E-state index < -0.39 is 25.5 Å². The molecule has 0 fully saturated rings. The number of halogens is 1. The first kappa shape index (κ1) is 16.1. The van der Waals surface area contributed by atoms with Crippen LogP contribution in [-0.4, -0.2) is 39.4 Å². The second kappa shape index (κ2) is 5.69. The van der Waals surface area contributed by atoms with Gasteiger partial charge in [0, 0.05) is 0 Å². The van der Waals surface area contributed by atoms with Crippen molar-refractivity contribution >= 4 is 38.5 Å². The summed E-state index contributed by atoms with van der Waals surface area (Å²) in [7, 11) is -3.02. The molecule has 124 valence electrons. The van der Waals surface area contributed by atoms with Gasteiger partial charge in [-0.1, -0.05) is 11.6 Å². The Hall–Kier alpha value is -2.79. The number of hydrogen-bond donors (Lipinski definition) is 0. The molecule has 0 N–H and O–H groups in total. The van der Waals surface area contributed by atoms with Gasteiger partial charge < -0.3 is 4.74 Å². The zero-order valence-corrected chi connectivity index (χ0v) is 13.5. The molecule has 12 heteroatoms. The van der Waals surface area contributed by atoms with E-state index in [1.165, 1.54) is 13.2 Å². The van der Waals surface area contributed by atoms with E-state index in [0.717, 1.165) is 24.8 Å². The Morgan fingerprint density at radius 1 is 1.29 bits per heavy atom. The summed E-state index contributed by atoms with van der Waals surface area (Å²) in [4.78, 5) is 21.3. The molecule has 0 aliphatic heterocycles. The van der Waals surface area contributed by atoms with Crippen LogP contribution in [0.1, 0.15) is 0 Å². The molecule has 1 aromatic carbocycles. The van der Waals surface area contributed by atoms with Crippen molar-refractivity contribution in [3.8, 4) is 5.75 Å². The van der Waals surface area contributed by atoms with Gasteiger partial charge in [-0.2, -0.15) is 0 Å². The third-order valence-electron chi connectivity index (χ3n) is 3.16. The minimum atomic E-state index is -4.33. The number of rotatable bonds is 4. The van der Waals surface area contributed by atoms with Gasteiger partial charge in [-0.3, -0.25) is 10.1 Å². The third kappa shape index (κ3) is 2.43. The second-order valence-corrected chi connectivity index (χ2v) is 6.61. The number of nitro benzene ring substituents is 1. The van der Waals surface area contributed by atoms with Crippen molar-refractivity contribution in [2.45, 2.75) is 4.90 Å². The molecule has 0 saturated carbocycles. The summed E-state index contributed by atoms with van der Waals surface area (Å²) < 4.78 is 31.2. The molecule has 0 amide bonds. The molecule has 2 aromatic heterocycles. The number of imidazole rings is 1. The normalized spacial score (nSPS) is 11.6. The summed E-state index contributed by atoms with van der Waals surface area (Å²) in [6.07, 6.45) is 2.04. The zero-order valence-electron chi connectivity index (χ0n) is 12.0. The monoisotopic (exact) mass is 369 g/mol. The molecule has 3 aromatic rings. The van der Waals surface area contributed by atoms with Crippen LogP contribution in [0.3, 0.4) is 0 Å². The predicted molar refractivity (Wildman–Crippen MR) is 82.6 cm³/mol. The molecule has 0 radical (unpaired) electrons. The first-order chi connectivity index (χ1) is 11.4. The van der Waals surface area contributed by atoms with Crippen LogP contribution < -0.4 is 4.74 Å². The van der Waals surface area contributed by atoms with Crippen molar-refractivity contribution < 1.29 is 18.1 Å². The molecule has 10 nitrogen and oxygen atoms in total. The number of nitrogens with zero attached hydrogens (tertiary/aromatic N) is 5. The van der Waals surface area contributed by atoms with E-state index in [2.05, 4.69) is 15.0 Å². The molecule has 0 aliphatic carbocycles. The number of methoxy groups -OCH3 is 1. The minimum Gasteiger partial charge on any atom is -0.497 e. The Bertz CT molecular complexity index is 1060. The van der Waals surface area contributed by atoms with Gasteiger partial charge in [-0.05, 0) is 12.1 Å². The highest BCUT2D eigenvalue weighted by Crippen LogP contribution is 2.31. The maximum absolute atomic E-state index is 12.8. The van der Waals surface area contributed by atoms with Crippen molar-refractivity contribution in [2.75, 3.05) is 7.11 Å². The Balaban J connectivity index is 2.28. The van der Waals surface area contributed by atoms with E-state index in [1.54, 1.807) is 0 Å². The summed E-state index contributed by atoms with van der Waals surface area (Å²) in [5.41, 5.74) is -0.643. The highest BCUT2D eigenvalue weighted by molar-refractivity contribution is 7.90. The molecule has 3 rings (SSSR count). The average molecular weight is 370 g/mol. The van der Waals surface area contributed by atoms with Crippen LogP contribution >= 0.6 is 11.6 Å². The molecule has 0 bridgehead atoms. The van der Waals surface area contributed by atoms with Gasteiger partial charge in [0.15, 0.2) is 15.7 Å². The maximum Gasteiger partial charge on any atom is 0.293 e. The average Bonchev–Trinajstić information content (AvgIpc) is 3.00. The molecular formula is C12H8ClN5O5S. The topological polar surface area (TPSA) is 130 Å². The fourth-order valence-corrected chi connectivity index (χ4v) is 3.61. The Morgan fingerprint density at radius 3 is 2.71 bits per heavy atom. The molecule has 0 atom stereocenters. The van der Waals surface area contributed by atoms with Crippen LogP contribution in [0, 0.1) is 10.1 Å². The molecule has 0 aliphatic rings. The predicted octanol–water partition coefficient (Wildman–Crippen LogP) is 1.63. The lowest BCUT2D eigenvalue weighted by Crippen LogP contribution is -2.14. The van der Waals surface area contributed by atoms with Crippen LogP contribution in [0.4, 0.5) is 5.69 Å². The third-order valence-corrected chi connectivity index (χ3v) is 5.12. The maximum atomic E-state index is 12.8. The fourth-order valence-electron chi connectivity index (χ4n) is 2.05. The van der Waals surface area contributed by atoms with E-state index >= 15 is 0 Å². The lowest BCUT2D eigenvalue weighted by atomic mass is 10.3. The molecular weight excluding hydrogens is 362 g/mol. The number of nitro groups is 1. The number of aromatic nitrogens is 4. The Labute approximate surface area is 139 Å². The zero-order chi connectivity index (χ0) is 17.5. The van der Waals surface area contributed by atoms with Gasteiger partial charge in [-0.25, -0.2) is 27.3 Å². The van der Waals surface area contributed by atoms with Crippen molar-refractivity contribution in [1.82, 2.24) is 18.9 Å². The van der Waals surface area contributed by atoms with Crippen molar-refractivity contribution in [3.63, 3.8) is 0 Å². The van der Waals surface area contributed by atoms with Crippen LogP contribution in [0.2, 0.25) is 5.15 Å². The molecule has 2 heterocycles. The number of benzene rings is 1. The van der Waals surface area contributed by atoms with Gasteiger partial charge >= 0.3 is 0 Å². The summed E-state index contributed by atoms with van der Waals surface area (Å²) in [5.74, 6) is 0.154. The van der Waals surface area contributed by atoms with Crippen molar-refractivity contribution in [3.05, 3.63) is 46.1 Å².